The lowest BCUT2D eigenvalue weighted by molar-refractivity contribution is -0.154. The van der Waals surface area contributed by atoms with Crippen molar-refractivity contribution in [3.05, 3.63) is 71.8 Å². The number of rotatable bonds is 7. The highest BCUT2D eigenvalue weighted by Crippen LogP contribution is 2.39. The Morgan fingerprint density at radius 2 is 1.68 bits per heavy atom. The van der Waals surface area contributed by atoms with E-state index in [2.05, 4.69) is 59.5 Å². The molecule has 0 aromatic heterocycles. The standard InChI is InChI=1S/C24H28N2O2/c1-2-28-23(27)24(19-25)15-9-14-22(16-24)26(17-20-10-5-3-6-11-20)18-21-12-7-4-8-13-21/h3-8,10-13,22H,2,9,14-18H2,1H3. The van der Waals surface area contributed by atoms with Crippen LogP contribution in [-0.4, -0.2) is 23.5 Å². The molecule has 0 spiro atoms. The molecule has 2 aromatic carbocycles. The number of hydrogen-bond donors (Lipinski definition) is 0. The number of benzene rings is 2. The van der Waals surface area contributed by atoms with Crippen LogP contribution < -0.4 is 0 Å². The summed E-state index contributed by atoms with van der Waals surface area (Å²) in [5, 5.41) is 9.85. The smallest absolute Gasteiger partial charge is 0.326 e. The summed E-state index contributed by atoms with van der Waals surface area (Å²) < 4.78 is 5.26. The second-order valence-electron chi connectivity index (χ2n) is 7.54. The summed E-state index contributed by atoms with van der Waals surface area (Å²) in [6.45, 7) is 3.69. The first kappa shape index (κ1) is 20.1. The van der Waals surface area contributed by atoms with Gasteiger partial charge < -0.3 is 4.74 Å². The molecule has 0 bridgehead atoms. The Bertz CT molecular complexity index is 759. The van der Waals surface area contributed by atoms with E-state index in [0.29, 0.717) is 19.4 Å². The number of carbonyl (C=O) groups excluding carboxylic acids is 1. The van der Waals surface area contributed by atoms with Gasteiger partial charge in [-0.1, -0.05) is 60.7 Å². The molecule has 2 unspecified atom stereocenters. The van der Waals surface area contributed by atoms with Crippen LogP contribution in [0.3, 0.4) is 0 Å². The van der Waals surface area contributed by atoms with Gasteiger partial charge in [-0.3, -0.25) is 9.69 Å². The zero-order valence-electron chi connectivity index (χ0n) is 16.5. The van der Waals surface area contributed by atoms with Gasteiger partial charge in [0, 0.05) is 19.1 Å². The molecule has 0 aliphatic heterocycles. The van der Waals surface area contributed by atoms with Crippen molar-refractivity contribution in [3.8, 4) is 6.07 Å². The van der Waals surface area contributed by atoms with Crippen LogP contribution in [0.25, 0.3) is 0 Å². The minimum atomic E-state index is -1.02. The van der Waals surface area contributed by atoms with E-state index < -0.39 is 5.41 Å². The highest BCUT2D eigenvalue weighted by atomic mass is 16.5. The zero-order chi connectivity index (χ0) is 19.8. The molecular weight excluding hydrogens is 348 g/mol. The molecule has 28 heavy (non-hydrogen) atoms. The van der Waals surface area contributed by atoms with Gasteiger partial charge in [0.2, 0.25) is 0 Å². The lowest BCUT2D eigenvalue weighted by Gasteiger charge is -2.40. The fourth-order valence-electron chi connectivity index (χ4n) is 4.11. The van der Waals surface area contributed by atoms with Crippen LogP contribution >= 0.6 is 0 Å². The van der Waals surface area contributed by atoms with Crippen molar-refractivity contribution < 1.29 is 9.53 Å². The van der Waals surface area contributed by atoms with E-state index in [1.165, 1.54) is 11.1 Å². The van der Waals surface area contributed by atoms with Gasteiger partial charge in [-0.05, 0) is 43.7 Å². The van der Waals surface area contributed by atoms with Gasteiger partial charge in [0.15, 0.2) is 5.41 Å². The van der Waals surface area contributed by atoms with Crippen LogP contribution in [0.2, 0.25) is 0 Å². The molecule has 4 heteroatoms. The van der Waals surface area contributed by atoms with Crippen molar-refractivity contribution in [2.75, 3.05) is 6.61 Å². The first-order chi connectivity index (χ1) is 13.7. The van der Waals surface area contributed by atoms with Crippen LogP contribution in [0.5, 0.6) is 0 Å². The molecular formula is C24H28N2O2. The van der Waals surface area contributed by atoms with Crippen molar-refractivity contribution in [1.29, 1.82) is 5.26 Å². The van der Waals surface area contributed by atoms with Crippen LogP contribution in [0, 0.1) is 16.7 Å². The topological polar surface area (TPSA) is 53.3 Å². The maximum atomic E-state index is 12.6. The Morgan fingerprint density at radius 3 is 2.18 bits per heavy atom. The van der Waals surface area contributed by atoms with Gasteiger partial charge in [-0.25, -0.2) is 0 Å². The average Bonchev–Trinajstić information content (AvgIpc) is 2.75. The average molecular weight is 377 g/mol. The van der Waals surface area contributed by atoms with Crippen molar-refractivity contribution in [1.82, 2.24) is 4.90 Å². The third-order valence-corrected chi connectivity index (χ3v) is 5.58. The number of ether oxygens (including phenoxy) is 1. The summed E-state index contributed by atoms with van der Waals surface area (Å²) in [5.41, 5.74) is 1.45. The Kier molecular flexibility index (Phi) is 6.84. The summed E-state index contributed by atoms with van der Waals surface area (Å²) in [5.74, 6) is -0.360. The summed E-state index contributed by atoms with van der Waals surface area (Å²) in [6, 6.07) is 23.2. The molecule has 3 rings (SSSR count). The normalized spacial score (nSPS) is 21.8. The number of nitriles is 1. The van der Waals surface area contributed by atoms with Crippen molar-refractivity contribution in [2.24, 2.45) is 5.41 Å². The SMILES string of the molecule is CCOC(=O)C1(C#N)CCCC(N(Cc2ccccc2)Cc2ccccc2)C1. The van der Waals surface area contributed by atoms with E-state index in [1.54, 1.807) is 6.92 Å². The maximum Gasteiger partial charge on any atom is 0.326 e. The summed E-state index contributed by atoms with van der Waals surface area (Å²) in [7, 11) is 0. The number of hydrogen-bond acceptors (Lipinski definition) is 4. The summed E-state index contributed by atoms with van der Waals surface area (Å²) in [4.78, 5) is 15.0. The second kappa shape index (κ2) is 9.52. The minimum absolute atomic E-state index is 0.165. The molecule has 0 N–H and O–H groups in total. The molecule has 2 atom stereocenters. The van der Waals surface area contributed by atoms with E-state index >= 15 is 0 Å². The second-order valence-corrected chi connectivity index (χ2v) is 7.54. The number of nitrogens with zero attached hydrogens (tertiary/aromatic N) is 2. The molecule has 1 fully saturated rings. The van der Waals surface area contributed by atoms with Gasteiger partial charge in [0.05, 0.1) is 12.7 Å². The Morgan fingerprint density at radius 1 is 1.11 bits per heavy atom. The van der Waals surface area contributed by atoms with Crippen molar-refractivity contribution in [2.45, 2.75) is 51.7 Å². The van der Waals surface area contributed by atoms with E-state index in [-0.39, 0.29) is 12.0 Å². The molecule has 0 amide bonds. The Balaban J connectivity index is 1.84. The first-order valence-electron chi connectivity index (χ1n) is 10.1. The summed E-state index contributed by atoms with van der Waals surface area (Å²) in [6.07, 6.45) is 2.96. The first-order valence-corrected chi connectivity index (χ1v) is 10.1. The largest absolute Gasteiger partial charge is 0.465 e. The number of carbonyl (C=O) groups is 1. The van der Waals surface area contributed by atoms with Crippen LogP contribution in [0.15, 0.2) is 60.7 Å². The van der Waals surface area contributed by atoms with Gasteiger partial charge in [-0.15, -0.1) is 0 Å². The predicted octanol–water partition coefficient (Wildman–Crippen LogP) is 4.70. The molecule has 2 aromatic rings. The van der Waals surface area contributed by atoms with Gasteiger partial charge >= 0.3 is 5.97 Å². The lowest BCUT2D eigenvalue weighted by Crippen LogP contribution is -2.45. The molecule has 0 radical (unpaired) electrons. The van der Waals surface area contributed by atoms with Gasteiger partial charge in [-0.2, -0.15) is 5.26 Å². The Hall–Kier alpha value is -2.64. The maximum absolute atomic E-state index is 12.6. The van der Waals surface area contributed by atoms with Gasteiger partial charge in [0.1, 0.15) is 0 Å². The molecule has 146 valence electrons. The quantitative estimate of drug-likeness (QED) is 0.657. The molecule has 1 aliphatic carbocycles. The number of esters is 1. The van der Waals surface area contributed by atoms with Crippen LogP contribution in [0.4, 0.5) is 0 Å². The highest BCUT2D eigenvalue weighted by molar-refractivity contribution is 5.80. The van der Waals surface area contributed by atoms with Gasteiger partial charge in [0.25, 0.3) is 0 Å². The molecule has 0 saturated heterocycles. The third kappa shape index (κ3) is 4.79. The fourth-order valence-corrected chi connectivity index (χ4v) is 4.11. The zero-order valence-corrected chi connectivity index (χ0v) is 16.5. The summed E-state index contributed by atoms with van der Waals surface area (Å²) >= 11 is 0. The molecule has 1 aliphatic rings. The third-order valence-electron chi connectivity index (χ3n) is 5.58. The van der Waals surface area contributed by atoms with Crippen molar-refractivity contribution in [3.63, 3.8) is 0 Å². The highest BCUT2D eigenvalue weighted by Gasteiger charge is 2.45. The lowest BCUT2D eigenvalue weighted by atomic mass is 9.72. The minimum Gasteiger partial charge on any atom is -0.465 e. The van der Waals surface area contributed by atoms with E-state index in [4.69, 9.17) is 4.74 Å². The monoisotopic (exact) mass is 376 g/mol. The van der Waals surface area contributed by atoms with E-state index in [9.17, 15) is 10.1 Å². The van der Waals surface area contributed by atoms with Crippen LogP contribution in [-0.2, 0) is 22.6 Å². The predicted molar refractivity (Wildman–Crippen MR) is 109 cm³/mol. The molecule has 4 nitrogen and oxygen atoms in total. The van der Waals surface area contributed by atoms with E-state index in [0.717, 1.165) is 25.9 Å². The Labute approximate surface area is 167 Å². The van der Waals surface area contributed by atoms with Crippen molar-refractivity contribution >= 4 is 5.97 Å². The fraction of sp³-hybridized carbons (Fsp3) is 0.417. The molecule has 1 saturated carbocycles. The van der Waals surface area contributed by atoms with Crippen LogP contribution in [0.1, 0.15) is 43.7 Å². The van der Waals surface area contributed by atoms with E-state index in [1.807, 2.05) is 12.1 Å². The molecule has 0 heterocycles.